The molecule has 6 nitrogen and oxygen atoms in total. The highest BCUT2D eigenvalue weighted by Crippen LogP contribution is 2.68. The molecule has 0 unspecified atom stereocenters. The number of allylic oxidation sites excluding steroid dienone is 1. The Hall–Kier alpha value is -1.85. The van der Waals surface area contributed by atoms with Gasteiger partial charge in [0.05, 0.1) is 12.4 Å². The summed E-state index contributed by atoms with van der Waals surface area (Å²) in [5.74, 6) is 3.49. The Labute approximate surface area is 222 Å². The zero-order chi connectivity index (χ0) is 26.7. The van der Waals surface area contributed by atoms with Gasteiger partial charge in [-0.15, -0.1) is 0 Å². The quantitative estimate of drug-likeness (QED) is 0.404. The molecule has 1 heterocycles. The zero-order valence-electron chi connectivity index (χ0n) is 23.6. The fourth-order valence-electron chi connectivity index (χ4n) is 9.55. The summed E-state index contributed by atoms with van der Waals surface area (Å²) in [6.07, 6.45) is 8.83. The van der Waals surface area contributed by atoms with Gasteiger partial charge >= 0.3 is 11.9 Å². The predicted octanol–water partition coefficient (Wildman–Crippen LogP) is 6.02. The van der Waals surface area contributed by atoms with Crippen LogP contribution >= 0.6 is 0 Å². The number of ketones is 1. The van der Waals surface area contributed by atoms with E-state index in [0.717, 1.165) is 44.3 Å². The highest BCUT2D eigenvalue weighted by atomic mass is 16.5. The van der Waals surface area contributed by atoms with Gasteiger partial charge in [0.15, 0.2) is 0 Å². The molecule has 6 heteroatoms. The SMILES string of the molecule is CC(=O)OC[C@H](C)CCC1=C(C)[C@@H]2[C@H](C[C@H]3[C@H]4CC[C@H]5C[C@@H](OC(C)=O)CC[C@]5(C)[C@@H]4CC(=O)[C@]23C)O1. The summed E-state index contributed by atoms with van der Waals surface area (Å²) in [6.45, 7) is 12.4. The second-order valence-electron chi connectivity index (χ2n) is 13.5. The normalized spacial score (nSPS) is 43.2. The molecule has 0 aromatic heterocycles. The van der Waals surface area contributed by atoms with Crippen molar-refractivity contribution in [3.63, 3.8) is 0 Å². The molecule has 0 radical (unpaired) electrons. The van der Waals surface area contributed by atoms with Crippen LogP contribution in [-0.2, 0) is 28.6 Å². The summed E-state index contributed by atoms with van der Waals surface area (Å²) in [5.41, 5.74) is 1.10. The summed E-state index contributed by atoms with van der Waals surface area (Å²) < 4.78 is 17.4. The van der Waals surface area contributed by atoms with Crippen molar-refractivity contribution in [1.82, 2.24) is 0 Å². The number of Topliss-reactive ketones (excluding diaryl/α,β-unsaturated/α-hetero) is 1. The summed E-state index contributed by atoms with van der Waals surface area (Å²) in [7, 11) is 0. The summed E-state index contributed by atoms with van der Waals surface area (Å²) in [5, 5.41) is 0. The number of carbonyl (C=O) groups is 3. The van der Waals surface area contributed by atoms with Gasteiger partial charge in [-0.25, -0.2) is 0 Å². The van der Waals surface area contributed by atoms with Crippen molar-refractivity contribution in [3.05, 3.63) is 11.3 Å². The van der Waals surface area contributed by atoms with Crippen LogP contribution < -0.4 is 0 Å². The molecule has 0 aromatic rings. The highest BCUT2D eigenvalue weighted by molar-refractivity contribution is 5.87. The van der Waals surface area contributed by atoms with Crippen molar-refractivity contribution >= 4 is 17.7 Å². The van der Waals surface area contributed by atoms with Gasteiger partial charge in [-0.1, -0.05) is 20.8 Å². The van der Waals surface area contributed by atoms with Crippen molar-refractivity contribution in [1.29, 1.82) is 0 Å². The van der Waals surface area contributed by atoms with E-state index in [2.05, 4.69) is 27.7 Å². The van der Waals surface area contributed by atoms with Crippen LogP contribution in [0.4, 0.5) is 0 Å². The van der Waals surface area contributed by atoms with Gasteiger partial charge in [0.2, 0.25) is 0 Å². The molecule has 5 aliphatic rings. The number of hydrogen-bond acceptors (Lipinski definition) is 6. The molecule has 0 N–H and O–H groups in total. The first-order valence-electron chi connectivity index (χ1n) is 14.6. The van der Waals surface area contributed by atoms with E-state index in [-0.39, 0.29) is 46.8 Å². The summed E-state index contributed by atoms with van der Waals surface area (Å²) in [6, 6.07) is 0. The van der Waals surface area contributed by atoms with Gasteiger partial charge in [-0.3, -0.25) is 14.4 Å². The molecule has 0 aromatic carbocycles. The van der Waals surface area contributed by atoms with E-state index in [1.54, 1.807) is 0 Å². The van der Waals surface area contributed by atoms with E-state index < -0.39 is 0 Å². The lowest BCUT2D eigenvalue weighted by Gasteiger charge is -2.60. The highest BCUT2D eigenvalue weighted by Gasteiger charge is 2.67. The van der Waals surface area contributed by atoms with E-state index in [1.165, 1.54) is 32.3 Å². The monoisotopic (exact) mass is 514 g/mol. The first-order valence-corrected chi connectivity index (χ1v) is 14.6. The summed E-state index contributed by atoms with van der Waals surface area (Å²) >= 11 is 0. The molecule has 10 atom stereocenters. The van der Waals surface area contributed by atoms with Crippen molar-refractivity contribution in [3.8, 4) is 0 Å². The molecule has 5 rings (SSSR count). The predicted molar refractivity (Wildman–Crippen MR) is 139 cm³/mol. The Balaban J connectivity index is 1.30. The zero-order valence-corrected chi connectivity index (χ0v) is 23.6. The van der Waals surface area contributed by atoms with Crippen LogP contribution in [0, 0.1) is 46.3 Å². The molecule has 0 spiro atoms. The lowest BCUT2D eigenvalue weighted by atomic mass is 9.44. The standard InChI is InChI=1S/C31H46O6/c1-17(16-35-19(3)32)7-10-26-18(2)29-27(37-26)14-25-23-9-8-21-13-22(36-20(4)33)11-12-30(21,5)24(23)15-28(34)31(25,29)6/h17,21-25,27,29H,7-16H2,1-6H3/t17-,21+,22+,23+,24-,25+,27+,29-,30+,31-/m1/s1. The van der Waals surface area contributed by atoms with Crippen molar-refractivity contribution < 1.29 is 28.6 Å². The number of carbonyl (C=O) groups excluding carboxylic acids is 3. The van der Waals surface area contributed by atoms with Gasteiger partial charge in [0.25, 0.3) is 0 Å². The van der Waals surface area contributed by atoms with Crippen LogP contribution in [0.1, 0.15) is 99.3 Å². The smallest absolute Gasteiger partial charge is 0.302 e. The minimum atomic E-state index is -0.334. The van der Waals surface area contributed by atoms with E-state index in [0.29, 0.717) is 42.5 Å². The third-order valence-corrected chi connectivity index (χ3v) is 11.5. The van der Waals surface area contributed by atoms with Crippen LogP contribution in [0.2, 0.25) is 0 Å². The second-order valence-corrected chi connectivity index (χ2v) is 13.5. The van der Waals surface area contributed by atoms with Crippen molar-refractivity contribution in [2.45, 2.75) is 112 Å². The molecular weight excluding hydrogens is 468 g/mol. The third kappa shape index (κ3) is 4.44. The Morgan fingerprint density at radius 2 is 1.84 bits per heavy atom. The molecule has 206 valence electrons. The number of ether oxygens (including phenoxy) is 3. The van der Waals surface area contributed by atoms with Crippen LogP contribution in [0.5, 0.6) is 0 Å². The van der Waals surface area contributed by atoms with E-state index in [4.69, 9.17) is 14.2 Å². The summed E-state index contributed by atoms with van der Waals surface area (Å²) in [4.78, 5) is 36.8. The Morgan fingerprint density at radius 1 is 1.08 bits per heavy atom. The fourth-order valence-corrected chi connectivity index (χ4v) is 9.55. The molecule has 4 saturated carbocycles. The lowest BCUT2D eigenvalue weighted by Crippen LogP contribution is -2.57. The lowest BCUT2D eigenvalue weighted by molar-refractivity contribution is -0.165. The third-order valence-electron chi connectivity index (χ3n) is 11.5. The maximum absolute atomic E-state index is 14.1. The fraction of sp³-hybridized carbons (Fsp3) is 0.839. The minimum absolute atomic E-state index is 0.0406. The first kappa shape index (κ1) is 26.7. The molecular formula is C31H46O6. The maximum Gasteiger partial charge on any atom is 0.302 e. The Bertz CT molecular complexity index is 984. The van der Waals surface area contributed by atoms with Gasteiger partial charge < -0.3 is 14.2 Å². The maximum atomic E-state index is 14.1. The van der Waals surface area contributed by atoms with Gasteiger partial charge in [0, 0.05) is 38.0 Å². The van der Waals surface area contributed by atoms with Crippen LogP contribution in [0.25, 0.3) is 0 Å². The van der Waals surface area contributed by atoms with E-state index in [9.17, 15) is 14.4 Å². The van der Waals surface area contributed by atoms with Crippen molar-refractivity contribution in [2.24, 2.45) is 46.3 Å². The Morgan fingerprint density at radius 3 is 2.54 bits per heavy atom. The van der Waals surface area contributed by atoms with Crippen LogP contribution in [0.15, 0.2) is 11.3 Å². The molecule has 37 heavy (non-hydrogen) atoms. The second kappa shape index (κ2) is 9.72. The molecule has 0 saturated heterocycles. The van der Waals surface area contributed by atoms with E-state index in [1.807, 2.05) is 0 Å². The number of hydrogen-bond donors (Lipinski definition) is 0. The topological polar surface area (TPSA) is 78.9 Å². The Kier molecular flexibility index (Phi) is 7.02. The molecule has 0 amide bonds. The van der Waals surface area contributed by atoms with Gasteiger partial charge in [0.1, 0.15) is 18.0 Å². The van der Waals surface area contributed by atoms with Crippen LogP contribution in [-0.4, -0.2) is 36.5 Å². The number of rotatable bonds is 6. The molecule has 0 bridgehead atoms. The van der Waals surface area contributed by atoms with Crippen molar-refractivity contribution in [2.75, 3.05) is 6.61 Å². The average Bonchev–Trinajstić information content (AvgIpc) is 3.31. The number of esters is 2. The molecule has 4 fully saturated rings. The largest absolute Gasteiger partial charge is 0.494 e. The molecule has 4 aliphatic carbocycles. The van der Waals surface area contributed by atoms with Crippen LogP contribution in [0.3, 0.4) is 0 Å². The average molecular weight is 515 g/mol. The number of fused-ring (bicyclic) bond motifs is 7. The molecule has 1 aliphatic heterocycles. The minimum Gasteiger partial charge on any atom is -0.494 e. The first-order chi connectivity index (χ1) is 17.4. The van der Waals surface area contributed by atoms with Gasteiger partial charge in [-0.05, 0) is 92.4 Å². The van der Waals surface area contributed by atoms with E-state index >= 15 is 0 Å². The van der Waals surface area contributed by atoms with Gasteiger partial charge in [-0.2, -0.15) is 0 Å².